The first-order chi connectivity index (χ1) is 9.47. The lowest BCUT2D eigenvalue weighted by Gasteiger charge is -2.14. The van der Waals surface area contributed by atoms with Crippen molar-refractivity contribution in [2.75, 3.05) is 19.0 Å². The van der Waals surface area contributed by atoms with Crippen LogP contribution in [0.1, 0.15) is 6.42 Å². The van der Waals surface area contributed by atoms with E-state index in [-0.39, 0.29) is 13.0 Å². The minimum Gasteiger partial charge on any atom is -0.495 e. The Morgan fingerprint density at radius 1 is 1.45 bits per heavy atom. The lowest BCUT2D eigenvalue weighted by Crippen LogP contribution is -2.43. The van der Waals surface area contributed by atoms with E-state index in [0.717, 1.165) is 0 Å². The number of carbonyl (C=O) groups is 2. The van der Waals surface area contributed by atoms with Crippen molar-refractivity contribution in [1.29, 1.82) is 0 Å². The number of nitrogens with one attached hydrogen (secondary N) is 2. The predicted molar refractivity (Wildman–Crippen MR) is 73.3 cm³/mol. The number of benzene rings is 1. The van der Waals surface area contributed by atoms with Crippen molar-refractivity contribution >= 4 is 29.3 Å². The summed E-state index contributed by atoms with van der Waals surface area (Å²) in [5, 5.41) is 22.6. The third-order valence-corrected chi connectivity index (χ3v) is 2.74. The van der Waals surface area contributed by atoms with E-state index in [1.54, 1.807) is 12.1 Å². The fourth-order valence-corrected chi connectivity index (χ4v) is 1.64. The summed E-state index contributed by atoms with van der Waals surface area (Å²) in [4.78, 5) is 22.5. The van der Waals surface area contributed by atoms with Crippen LogP contribution in [-0.2, 0) is 4.79 Å². The number of carbonyl (C=O) groups excluding carboxylic acids is 1. The molecule has 0 radical (unpaired) electrons. The number of aliphatic hydroxyl groups excluding tert-OH is 1. The molecule has 20 heavy (non-hydrogen) atoms. The second-order valence-corrected chi connectivity index (χ2v) is 4.26. The van der Waals surface area contributed by atoms with Gasteiger partial charge in [-0.2, -0.15) is 0 Å². The fourth-order valence-electron chi connectivity index (χ4n) is 1.45. The standard InChI is InChI=1S/C12H15ClN2O5/c1-20-10-6-7(2-3-8(10)13)14-12(19)15-9(4-5-16)11(17)18/h2-3,6,9,16H,4-5H2,1H3,(H,17,18)(H2,14,15,19)/t9-/m1/s1. The first-order valence-corrected chi connectivity index (χ1v) is 6.10. The Bertz CT molecular complexity index is 495. The van der Waals surface area contributed by atoms with Crippen LogP contribution in [-0.4, -0.2) is 42.0 Å². The van der Waals surface area contributed by atoms with Crippen LogP contribution in [0.3, 0.4) is 0 Å². The average Bonchev–Trinajstić information content (AvgIpc) is 2.40. The third-order valence-electron chi connectivity index (χ3n) is 2.43. The van der Waals surface area contributed by atoms with Gasteiger partial charge in [0.15, 0.2) is 0 Å². The fraction of sp³-hybridized carbons (Fsp3) is 0.333. The molecule has 0 saturated heterocycles. The van der Waals surface area contributed by atoms with Crippen LogP contribution in [0.15, 0.2) is 18.2 Å². The Balaban J connectivity index is 2.68. The topological polar surface area (TPSA) is 108 Å². The zero-order valence-corrected chi connectivity index (χ0v) is 11.5. The van der Waals surface area contributed by atoms with Crippen molar-refractivity contribution < 1.29 is 24.5 Å². The molecule has 0 saturated carbocycles. The average molecular weight is 303 g/mol. The number of carboxylic acid groups (broad SMARTS) is 1. The predicted octanol–water partition coefficient (Wildman–Crippen LogP) is 1.31. The number of aliphatic hydroxyl groups is 1. The molecule has 0 spiro atoms. The molecule has 8 heteroatoms. The van der Waals surface area contributed by atoms with E-state index < -0.39 is 18.0 Å². The number of methoxy groups -OCH3 is 1. The Morgan fingerprint density at radius 3 is 2.70 bits per heavy atom. The van der Waals surface area contributed by atoms with E-state index in [9.17, 15) is 9.59 Å². The van der Waals surface area contributed by atoms with E-state index in [0.29, 0.717) is 16.5 Å². The molecule has 0 aliphatic rings. The normalized spacial score (nSPS) is 11.6. The minimum atomic E-state index is -1.22. The summed E-state index contributed by atoms with van der Waals surface area (Å²) in [6.07, 6.45) is -0.0767. The second-order valence-electron chi connectivity index (χ2n) is 3.85. The maximum Gasteiger partial charge on any atom is 0.326 e. The Morgan fingerprint density at radius 2 is 2.15 bits per heavy atom. The molecule has 7 nitrogen and oxygen atoms in total. The minimum absolute atomic E-state index is 0.0767. The van der Waals surface area contributed by atoms with Gasteiger partial charge in [-0.05, 0) is 12.1 Å². The van der Waals surface area contributed by atoms with Crippen LogP contribution in [0.5, 0.6) is 5.75 Å². The molecule has 1 atom stereocenters. The van der Waals surface area contributed by atoms with Crippen molar-refractivity contribution in [2.45, 2.75) is 12.5 Å². The largest absolute Gasteiger partial charge is 0.495 e. The van der Waals surface area contributed by atoms with Gasteiger partial charge in [0.25, 0.3) is 0 Å². The molecule has 110 valence electrons. The van der Waals surface area contributed by atoms with Crippen molar-refractivity contribution in [1.82, 2.24) is 5.32 Å². The molecule has 0 aromatic heterocycles. The van der Waals surface area contributed by atoms with Crippen LogP contribution in [0.25, 0.3) is 0 Å². The van der Waals surface area contributed by atoms with Crippen LogP contribution in [0.2, 0.25) is 5.02 Å². The quantitative estimate of drug-likeness (QED) is 0.633. The molecule has 1 rings (SSSR count). The van der Waals surface area contributed by atoms with Gasteiger partial charge in [0.1, 0.15) is 11.8 Å². The van der Waals surface area contributed by atoms with Gasteiger partial charge >= 0.3 is 12.0 Å². The third kappa shape index (κ3) is 4.60. The highest BCUT2D eigenvalue weighted by Gasteiger charge is 2.19. The van der Waals surface area contributed by atoms with Crippen LogP contribution in [0.4, 0.5) is 10.5 Å². The monoisotopic (exact) mass is 302 g/mol. The van der Waals surface area contributed by atoms with Crippen molar-refractivity contribution in [3.8, 4) is 5.75 Å². The number of amides is 2. The zero-order chi connectivity index (χ0) is 15.1. The summed E-state index contributed by atoms with van der Waals surface area (Å²) in [5.41, 5.74) is 0.400. The number of urea groups is 1. The lowest BCUT2D eigenvalue weighted by atomic mass is 10.2. The number of carboxylic acids is 1. The molecule has 0 aliphatic carbocycles. The van der Waals surface area contributed by atoms with E-state index in [2.05, 4.69) is 10.6 Å². The van der Waals surface area contributed by atoms with Gasteiger partial charge in [-0.1, -0.05) is 11.6 Å². The molecule has 0 unspecified atom stereocenters. The van der Waals surface area contributed by atoms with Crippen molar-refractivity contribution in [2.24, 2.45) is 0 Å². The molecule has 1 aromatic carbocycles. The molecule has 0 bridgehead atoms. The van der Waals surface area contributed by atoms with Gasteiger partial charge in [-0.15, -0.1) is 0 Å². The van der Waals surface area contributed by atoms with E-state index >= 15 is 0 Å². The Hall–Kier alpha value is -1.99. The van der Waals surface area contributed by atoms with Crippen molar-refractivity contribution in [3.05, 3.63) is 23.2 Å². The number of aliphatic carboxylic acids is 1. The maximum atomic E-state index is 11.6. The molecule has 4 N–H and O–H groups in total. The van der Waals surface area contributed by atoms with Crippen LogP contribution >= 0.6 is 11.6 Å². The summed E-state index contributed by atoms with van der Waals surface area (Å²) in [5.74, 6) is -0.836. The number of rotatable bonds is 6. The Kier molecular flexibility index (Phi) is 6.08. The number of hydrogen-bond donors (Lipinski definition) is 4. The first-order valence-electron chi connectivity index (χ1n) is 5.72. The first kappa shape index (κ1) is 16.1. The van der Waals surface area contributed by atoms with Gasteiger partial charge in [0.05, 0.1) is 12.1 Å². The molecule has 2 amide bonds. The molecule has 0 aliphatic heterocycles. The molecule has 0 heterocycles. The van der Waals surface area contributed by atoms with Crippen molar-refractivity contribution in [3.63, 3.8) is 0 Å². The zero-order valence-electron chi connectivity index (χ0n) is 10.7. The smallest absolute Gasteiger partial charge is 0.326 e. The molecule has 0 fully saturated rings. The molecular formula is C12H15ClN2O5. The van der Waals surface area contributed by atoms with Gasteiger partial charge in [0, 0.05) is 24.8 Å². The number of anilines is 1. The summed E-state index contributed by atoms with van der Waals surface area (Å²) >= 11 is 5.84. The molecule has 1 aromatic rings. The Labute approximate surface area is 120 Å². The summed E-state index contributed by atoms with van der Waals surface area (Å²) in [7, 11) is 1.44. The van der Waals surface area contributed by atoms with E-state index in [1.165, 1.54) is 13.2 Å². The van der Waals surface area contributed by atoms with Gasteiger partial charge in [0.2, 0.25) is 0 Å². The summed E-state index contributed by atoms with van der Waals surface area (Å²) < 4.78 is 4.99. The van der Waals surface area contributed by atoms with E-state index in [1.807, 2.05) is 0 Å². The van der Waals surface area contributed by atoms with Gasteiger partial charge in [-0.25, -0.2) is 9.59 Å². The highest BCUT2D eigenvalue weighted by molar-refractivity contribution is 6.32. The number of hydrogen-bond acceptors (Lipinski definition) is 4. The number of ether oxygens (including phenoxy) is 1. The van der Waals surface area contributed by atoms with Crippen LogP contribution in [0, 0.1) is 0 Å². The lowest BCUT2D eigenvalue weighted by molar-refractivity contribution is -0.139. The number of halogens is 1. The van der Waals surface area contributed by atoms with E-state index in [4.69, 9.17) is 26.6 Å². The summed E-state index contributed by atoms with van der Waals surface area (Å²) in [6.45, 7) is -0.341. The second kappa shape index (κ2) is 7.56. The van der Waals surface area contributed by atoms with Gasteiger partial charge in [-0.3, -0.25) is 0 Å². The SMILES string of the molecule is COc1cc(NC(=O)N[C@H](CCO)C(=O)O)ccc1Cl. The van der Waals surface area contributed by atoms with Crippen LogP contribution < -0.4 is 15.4 Å². The van der Waals surface area contributed by atoms with Gasteiger partial charge < -0.3 is 25.6 Å². The highest BCUT2D eigenvalue weighted by Crippen LogP contribution is 2.27. The highest BCUT2D eigenvalue weighted by atomic mass is 35.5. The summed E-state index contributed by atoms with van der Waals surface area (Å²) in [6, 6.07) is 2.73. The maximum absolute atomic E-state index is 11.6. The molecular weight excluding hydrogens is 288 g/mol.